The minimum absolute atomic E-state index is 0.00236. The number of unbranched alkanes of at least 4 members (excludes halogenated alkanes) is 4. The first-order valence-electron chi connectivity index (χ1n) is 12.7. The van der Waals surface area contributed by atoms with Gasteiger partial charge >= 0.3 is 5.97 Å². The van der Waals surface area contributed by atoms with Crippen molar-refractivity contribution < 1.29 is 19.5 Å². The van der Waals surface area contributed by atoms with Crippen molar-refractivity contribution in [1.29, 1.82) is 0 Å². The Labute approximate surface area is 206 Å². The Morgan fingerprint density at radius 3 is 1.82 bits per heavy atom. The lowest BCUT2D eigenvalue weighted by atomic mass is 9.93. The van der Waals surface area contributed by atoms with E-state index in [1.54, 1.807) is 6.07 Å². The van der Waals surface area contributed by atoms with Gasteiger partial charge < -0.3 is 21.5 Å². The molecule has 5 N–H and O–H groups in total. The molecule has 0 saturated carbocycles. The number of rotatable bonds is 13. The highest BCUT2D eigenvalue weighted by molar-refractivity contribution is 5.96. The van der Waals surface area contributed by atoms with Gasteiger partial charge in [0.15, 0.2) is 0 Å². The third kappa shape index (κ3) is 15.3. The number of carbonyl (C=O) groups excluding carboxylic acids is 2. The van der Waals surface area contributed by atoms with E-state index in [0.717, 1.165) is 62.6 Å². The van der Waals surface area contributed by atoms with E-state index in [1.165, 1.54) is 0 Å². The van der Waals surface area contributed by atoms with E-state index in [9.17, 15) is 14.4 Å². The quantitative estimate of drug-likeness (QED) is 0.184. The molecular weight excluding hydrogens is 430 g/mol. The Kier molecular flexibility index (Phi) is 15.7. The van der Waals surface area contributed by atoms with Crippen LogP contribution in [0.3, 0.4) is 0 Å². The number of hydrogen-bond acceptors (Lipinski definition) is 4. The summed E-state index contributed by atoms with van der Waals surface area (Å²) in [5.74, 6) is -0.747. The molecule has 0 fully saturated rings. The molecule has 1 aromatic rings. The molecule has 7 heteroatoms. The van der Waals surface area contributed by atoms with Crippen molar-refractivity contribution in [1.82, 2.24) is 0 Å². The van der Waals surface area contributed by atoms with Gasteiger partial charge in [0.1, 0.15) is 0 Å². The van der Waals surface area contributed by atoms with Gasteiger partial charge in [0.05, 0.1) is 6.42 Å². The Bertz CT molecular complexity index is 770. The number of nitrogens with one attached hydrogen (secondary N) is 2. The standard InChI is InChI=1S/C21H35N3O2.C6H12O2/c1-4-7-10-11-17-18(22)14-16(23-20(25)12-8-5-2)15-19(17)24-21(26)13-9-6-3;1-6(2,3)4-5(7)8/h14-15H,4-13,22H2,1-3H3,(H,23,25)(H,24,26);4H2,1-3H3,(H,7,8). The van der Waals surface area contributed by atoms with Crippen LogP contribution in [0.4, 0.5) is 17.1 Å². The van der Waals surface area contributed by atoms with Crippen molar-refractivity contribution in [2.75, 3.05) is 16.4 Å². The number of nitrogens with two attached hydrogens (primary N) is 1. The molecule has 0 aromatic heterocycles. The molecule has 0 bridgehead atoms. The van der Waals surface area contributed by atoms with E-state index < -0.39 is 5.97 Å². The highest BCUT2D eigenvalue weighted by atomic mass is 16.4. The van der Waals surface area contributed by atoms with Crippen LogP contribution in [-0.2, 0) is 20.8 Å². The molecule has 194 valence electrons. The van der Waals surface area contributed by atoms with Crippen molar-refractivity contribution >= 4 is 34.8 Å². The van der Waals surface area contributed by atoms with Gasteiger partial charge in [-0.3, -0.25) is 14.4 Å². The van der Waals surface area contributed by atoms with E-state index in [1.807, 2.05) is 26.8 Å². The van der Waals surface area contributed by atoms with Gasteiger partial charge in [0.2, 0.25) is 11.8 Å². The first-order chi connectivity index (χ1) is 15.9. The van der Waals surface area contributed by atoms with Crippen LogP contribution < -0.4 is 16.4 Å². The minimum Gasteiger partial charge on any atom is -0.481 e. The maximum Gasteiger partial charge on any atom is 0.303 e. The third-order valence-electron chi connectivity index (χ3n) is 5.07. The van der Waals surface area contributed by atoms with Gasteiger partial charge in [-0.05, 0) is 48.8 Å². The number of benzene rings is 1. The summed E-state index contributed by atoms with van der Waals surface area (Å²) in [5.41, 5.74) is 9.15. The predicted octanol–water partition coefficient (Wildman–Crippen LogP) is 6.77. The first kappa shape index (κ1) is 31.4. The fraction of sp³-hybridized carbons (Fsp3) is 0.667. The Morgan fingerprint density at radius 1 is 0.853 bits per heavy atom. The highest BCUT2D eigenvalue weighted by Crippen LogP contribution is 2.30. The Morgan fingerprint density at radius 2 is 1.38 bits per heavy atom. The van der Waals surface area contributed by atoms with Gasteiger partial charge in [-0.1, -0.05) is 67.2 Å². The topological polar surface area (TPSA) is 122 Å². The number of carboxylic acid groups (broad SMARTS) is 1. The van der Waals surface area contributed by atoms with E-state index in [4.69, 9.17) is 10.8 Å². The number of aliphatic carboxylic acids is 1. The van der Waals surface area contributed by atoms with Crippen LogP contribution in [-0.4, -0.2) is 22.9 Å². The average Bonchev–Trinajstić information content (AvgIpc) is 2.71. The summed E-state index contributed by atoms with van der Waals surface area (Å²) >= 11 is 0. The largest absolute Gasteiger partial charge is 0.481 e. The summed E-state index contributed by atoms with van der Waals surface area (Å²) < 4.78 is 0. The van der Waals surface area contributed by atoms with E-state index in [2.05, 4.69) is 31.4 Å². The second-order valence-corrected chi connectivity index (χ2v) is 9.98. The molecule has 0 atom stereocenters. The summed E-state index contributed by atoms with van der Waals surface area (Å²) in [6.45, 7) is 12.0. The molecular formula is C27H47N3O4. The van der Waals surface area contributed by atoms with Gasteiger partial charge in [-0.15, -0.1) is 0 Å². The number of anilines is 3. The zero-order valence-electron chi connectivity index (χ0n) is 22.2. The summed E-state index contributed by atoms with van der Waals surface area (Å²) in [4.78, 5) is 34.2. The van der Waals surface area contributed by atoms with Gasteiger partial charge in [-0.2, -0.15) is 0 Å². The second-order valence-electron chi connectivity index (χ2n) is 9.98. The maximum atomic E-state index is 12.2. The molecule has 1 rings (SSSR count). The lowest BCUT2D eigenvalue weighted by molar-refractivity contribution is -0.139. The summed E-state index contributed by atoms with van der Waals surface area (Å²) in [7, 11) is 0. The maximum absolute atomic E-state index is 12.2. The number of carbonyl (C=O) groups is 3. The molecule has 0 radical (unpaired) electrons. The van der Waals surface area contributed by atoms with Crippen molar-refractivity contribution in [3.8, 4) is 0 Å². The van der Waals surface area contributed by atoms with Gasteiger partial charge in [-0.25, -0.2) is 0 Å². The van der Waals surface area contributed by atoms with Crippen LogP contribution in [0.1, 0.15) is 111 Å². The molecule has 0 aliphatic carbocycles. The van der Waals surface area contributed by atoms with Crippen LogP contribution in [0.2, 0.25) is 0 Å². The predicted molar refractivity (Wildman–Crippen MR) is 142 cm³/mol. The minimum atomic E-state index is -0.725. The fourth-order valence-corrected chi connectivity index (χ4v) is 3.27. The third-order valence-corrected chi connectivity index (χ3v) is 5.07. The van der Waals surface area contributed by atoms with Crippen LogP contribution in [0, 0.1) is 5.41 Å². The summed E-state index contributed by atoms with van der Waals surface area (Å²) in [6.07, 6.45) is 9.02. The van der Waals surface area contributed by atoms with Crippen molar-refractivity contribution in [2.24, 2.45) is 5.41 Å². The highest BCUT2D eigenvalue weighted by Gasteiger charge is 2.14. The van der Waals surface area contributed by atoms with Gasteiger partial charge in [0.25, 0.3) is 0 Å². The molecule has 34 heavy (non-hydrogen) atoms. The molecule has 2 amide bonds. The lowest BCUT2D eigenvalue weighted by Gasteiger charge is -2.16. The molecule has 0 spiro atoms. The Hall–Kier alpha value is -2.57. The lowest BCUT2D eigenvalue weighted by Crippen LogP contribution is -2.16. The normalized spacial score (nSPS) is 10.8. The number of hydrogen-bond donors (Lipinski definition) is 4. The van der Waals surface area contributed by atoms with Crippen molar-refractivity contribution in [3.05, 3.63) is 17.7 Å². The van der Waals surface area contributed by atoms with Crippen LogP contribution in [0.15, 0.2) is 12.1 Å². The molecule has 0 heterocycles. The monoisotopic (exact) mass is 477 g/mol. The van der Waals surface area contributed by atoms with E-state index in [-0.39, 0.29) is 23.7 Å². The molecule has 1 aromatic carbocycles. The Balaban J connectivity index is 0.00000116. The number of carboxylic acids is 1. The SMILES string of the molecule is CC(C)(C)CC(=O)O.CCCCCc1c(N)cc(NC(=O)CCCC)cc1NC(=O)CCCC. The van der Waals surface area contributed by atoms with Crippen LogP contribution >= 0.6 is 0 Å². The van der Waals surface area contributed by atoms with Crippen molar-refractivity contribution in [2.45, 2.75) is 112 Å². The van der Waals surface area contributed by atoms with Crippen LogP contribution in [0.25, 0.3) is 0 Å². The van der Waals surface area contributed by atoms with E-state index in [0.29, 0.717) is 24.2 Å². The number of nitrogen functional groups attached to an aromatic ring is 1. The zero-order chi connectivity index (χ0) is 26.1. The second kappa shape index (κ2) is 17.0. The molecule has 0 saturated heterocycles. The van der Waals surface area contributed by atoms with Crippen LogP contribution in [0.5, 0.6) is 0 Å². The van der Waals surface area contributed by atoms with E-state index >= 15 is 0 Å². The average molecular weight is 478 g/mol. The molecule has 0 unspecified atom stereocenters. The van der Waals surface area contributed by atoms with Crippen molar-refractivity contribution in [3.63, 3.8) is 0 Å². The fourth-order valence-electron chi connectivity index (χ4n) is 3.27. The summed E-state index contributed by atoms with van der Waals surface area (Å²) in [6, 6.07) is 3.64. The van der Waals surface area contributed by atoms with Gasteiger partial charge in [0, 0.05) is 29.9 Å². The smallest absolute Gasteiger partial charge is 0.303 e. The first-order valence-corrected chi connectivity index (χ1v) is 12.7. The molecule has 0 aliphatic rings. The molecule has 7 nitrogen and oxygen atoms in total. The molecule has 0 aliphatic heterocycles. The zero-order valence-corrected chi connectivity index (χ0v) is 22.2. The number of amides is 2. The summed E-state index contributed by atoms with van der Waals surface area (Å²) in [5, 5.41) is 14.1.